The van der Waals surface area contributed by atoms with Crippen molar-refractivity contribution in [1.29, 1.82) is 0 Å². The van der Waals surface area contributed by atoms with Gasteiger partial charge in [0.2, 0.25) is 5.28 Å². The van der Waals surface area contributed by atoms with Gasteiger partial charge in [0.15, 0.2) is 0 Å². The second kappa shape index (κ2) is 3.62. The molecule has 0 unspecified atom stereocenters. The Kier molecular flexibility index (Phi) is 2.44. The van der Waals surface area contributed by atoms with E-state index in [-0.39, 0.29) is 11.1 Å². The van der Waals surface area contributed by atoms with Gasteiger partial charge < -0.3 is 0 Å². The first-order valence-corrected chi connectivity index (χ1v) is 4.81. The highest BCUT2D eigenvalue weighted by Crippen LogP contribution is 2.20. The number of benzene rings is 1. The lowest BCUT2D eigenvalue weighted by atomic mass is 10.2. The van der Waals surface area contributed by atoms with Gasteiger partial charge in [-0.3, -0.25) is 4.57 Å². The molecule has 0 aliphatic heterocycles. The Balaban J connectivity index is 2.64. The lowest BCUT2D eigenvalue weighted by Gasteiger charge is -2.08. The number of hydrogen-bond donors (Lipinski definition) is 0. The lowest BCUT2D eigenvalue weighted by molar-refractivity contribution is 0.626. The van der Waals surface area contributed by atoms with E-state index in [1.807, 2.05) is 6.92 Å². The number of aryl methyl sites for hydroxylation is 2. The van der Waals surface area contributed by atoms with Gasteiger partial charge in [-0.15, -0.1) is 10.2 Å². The van der Waals surface area contributed by atoms with Crippen LogP contribution in [0.3, 0.4) is 0 Å². The summed E-state index contributed by atoms with van der Waals surface area (Å²) in [7, 11) is 0. The van der Waals surface area contributed by atoms with Gasteiger partial charge in [-0.2, -0.15) is 0 Å². The first kappa shape index (κ1) is 10.1. The van der Waals surface area contributed by atoms with Crippen LogP contribution in [0.2, 0.25) is 5.28 Å². The van der Waals surface area contributed by atoms with Gasteiger partial charge >= 0.3 is 0 Å². The van der Waals surface area contributed by atoms with Gasteiger partial charge in [-0.1, -0.05) is 0 Å². The Bertz CT molecular complexity index is 488. The summed E-state index contributed by atoms with van der Waals surface area (Å²) >= 11 is 5.89. The first-order chi connectivity index (χ1) is 7.09. The molecule has 0 saturated carbocycles. The molecule has 0 N–H and O–H groups in total. The van der Waals surface area contributed by atoms with Crippen molar-refractivity contribution in [2.24, 2.45) is 0 Å². The fourth-order valence-electron chi connectivity index (χ4n) is 1.48. The number of aromatic nitrogens is 3. The minimum absolute atomic E-state index is 0.266. The molecule has 0 spiro atoms. The Morgan fingerprint density at radius 2 is 2.00 bits per heavy atom. The van der Waals surface area contributed by atoms with Crippen LogP contribution in [0.5, 0.6) is 0 Å². The quantitative estimate of drug-likeness (QED) is 0.747. The Morgan fingerprint density at radius 3 is 2.53 bits per heavy atom. The van der Waals surface area contributed by atoms with E-state index in [0.29, 0.717) is 5.82 Å². The molecular weight excluding hydrogens is 217 g/mol. The average molecular weight is 226 g/mol. The van der Waals surface area contributed by atoms with E-state index >= 15 is 0 Å². The van der Waals surface area contributed by atoms with Gasteiger partial charge in [-0.25, -0.2) is 4.39 Å². The molecular formula is C10H9ClFN3. The fourth-order valence-corrected chi connectivity index (χ4v) is 1.73. The van der Waals surface area contributed by atoms with E-state index in [1.54, 1.807) is 17.6 Å². The Labute approximate surface area is 91.5 Å². The van der Waals surface area contributed by atoms with Crippen molar-refractivity contribution in [1.82, 2.24) is 14.8 Å². The van der Waals surface area contributed by atoms with E-state index in [1.165, 1.54) is 12.1 Å². The molecule has 5 heteroatoms. The molecule has 2 rings (SSSR count). The highest BCUT2D eigenvalue weighted by atomic mass is 35.5. The van der Waals surface area contributed by atoms with Crippen LogP contribution in [0.4, 0.5) is 4.39 Å². The summed E-state index contributed by atoms with van der Waals surface area (Å²) < 4.78 is 14.6. The summed E-state index contributed by atoms with van der Waals surface area (Å²) in [5.74, 6) is 0.410. The maximum atomic E-state index is 12.9. The summed E-state index contributed by atoms with van der Waals surface area (Å²) in [5, 5.41) is 7.86. The van der Waals surface area contributed by atoms with Crippen LogP contribution in [0.1, 0.15) is 11.4 Å². The SMILES string of the molecule is Cc1cc(F)ccc1-n1c(C)nnc1Cl. The zero-order valence-corrected chi connectivity index (χ0v) is 9.09. The van der Waals surface area contributed by atoms with E-state index in [0.717, 1.165) is 11.3 Å². The molecule has 0 saturated heterocycles. The summed E-state index contributed by atoms with van der Waals surface area (Å²) in [4.78, 5) is 0. The van der Waals surface area contributed by atoms with Crippen molar-refractivity contribution in [3.63, 3.8) is 0 Å². The highest BCUT2D eigenvalue weighted by Gasteiger charge is 2.10. The number of halogens is 2. The zero-order chi connectivity index (χ0) is 11.0. The van der Waals surface area contributed by atoms with Crippen molar-refractivity contribution in [2.45, 2.75) is 13.8 Å². The lowest BCUT2D eigenvalue weighted by Crippen LogP contribution is -2.00. The smallest absolute Gasteiger partial charge is 0.229 e. The molecule has 1 aromatic heterocycles. The van der Waals surface area contributed by atoms with Gasteiger partial charge in [0, 0.05) is 0 Å². The molecule has 0 aliphatic rings. The molecule has 0 amide bonds. The normalized spacial score (nSPS) is 10.7. The molecule has 2 aromatic rings. The molecule has 0 bridgehead atoms. The number of hydrogen-bond acceptors (Lipinski definition) is 2. The molecule has 78 valence electrons. The summed E-state index contributed by atoms with van der Waals surface area (Å²) in [6, 6.07) is 4.50. The van der Waals surface area contributed by atoms with Crippen molar-refractivity contribution >= 4 is 11.6 Å². The van der Waals surface area contributed by atoms with Gasteiger partial charge in [0.25, 0.3) is 0 Å². The topological polar surface area (TPSA) is 30.7 Å². The van der Waals surface area contributed by atoms with Crippen molar-refractivity contribution in [3.8, 4) is 5.69 Å². The van der Waals surface area contributed by atoms with Crippen LogP contribution >= 0.6 is 11.6 Å². The maximum absolute atomic E-state index is 12.9. The van der Waals surface area contributed by atoms with Crippen LogP contribution in [-0.2, 0) is 0 Å². The molecule has 1 aromatic carbocycles. The standard InChI is InChI=1S/C10H9ClFN3/c1-6-5-8(12)3-4-9(6)15-7(2)13-14-10(15)11/h3-5H,1-2H3. The maximum Gasteiger partial charge on any atom is 0.229 e. The number of rotatable bonds is 1. The van der Waals surface area contributed by atoms with Crippen LogP contribution in [0.25, 0.3) is 5.69 Å². The molecule has 15 heavy (non-hydrogen) atoms. The third kappa shape index (κ3) is 1.72. The third-order valence-corrected chi connectivity index (χ3v) is 2.43. The number of nitrogens with zero attached hydrogens (tertiary/aromatic N) is 3. The van der Waals surface area contributed by atoms with Crippen LogP contribution in [-0.4, -0.2) is 14.8 Å². The molecule has 0 aliphatic carbocycles. The minimum Gasteiger partial charge on any atom is -0.270 e. The molecule has 1 heterocycles. The van der Waals surface area contributed by atoms with Crippen molar-refractivity contribution < 1.29 is 4.39 Å². The largest absolute Gasteiger partial charge is 0.270 e. The zero-order valence-electron chi connectivity index (χ0n) is 8.33. The van der Waals surface area contributed by atoms with E-state index in [9.17, 15) is 4.39 Å². The van der Waals surface area contributed by atoms with Crippen molar-refractivity contribution in [3.05, 3.63) is 40.7 Å². The van der Waals surface area contributed by atoms with Crippen LogP contribution in [0.15, 0.2) is 18.2 Å². The second-order valence-corrected chi connectivity index (χ2v) is 3.62. The monoisotopic (exact) mass is 225 g/mol. The first-order valence-electron chi connectivity index (χ1n) is 4.43. The van der Waals surface area contributed by atoms with E-state index in [2.05, 4.69) is 10.2 Å². The van der Waals surface area contributed by atoms with E-state index in [4.69, 9.17) is 11.6 Å². The van der Waals surface area contributed by atoms with E-state index < -0.39 is 0 Å². The molecule has 3 nitrogen and oxygen atoms in total. The molecule has 0 radical (unpaired) electrons. The highest BCUT2D eigenvalue weighted by molar-refractivity contribution is 6.28. The predicted molar refractivity (Wildman–Crippen MR) is 55.8 cm³/mol. The van der Waals surface area contributed by atoms with Gasteiger partial charge in [-0.05, 0) is 49.2 Å². The second-order valence-electron chi connectivity index (χ2n) is 3.28. The van der Waals surface area contributed by atoms with Crippen LogP contribution < -0.4 is 0 Å². The average Bonchev–Trinajstić information content (AvgIpc) is 2.48. The predicted octanol–water partition coefficient (Wildman–Crippen LogP) is 2.68. The van der Waals surface area contributed by atoms with Crippen LogP contribution in [0, 0.1) is 19.7 Å². The fraction of sp³-hybridized carbons (Fsp3) is 0.200. The summed E-state index contributed by atoms with van der Waals surface area (Å²) in [6.45, 7) is 3.61. The Hall–Kier alpha value is -1.42. The summed E-state index contributed by atoms with van der Waals surface area (Å²) in [5.41, 5.74) is 1.59. The minimum atomic E-state index is -0.266. The van der Waals surface area contributed by atoms with Gasteiger partial charge in [0.05, 0.1) is 5.69 Å². The third-order valence-electron chi connectivity index (χ3n) is 2.19. The van der Waals surface area contributed by atoms with Crippen molar-refractivity contribution in [2.75, 3.05) is 0 Å². The molecule has 0 atom stereocenters. The Morgan fingerprint density at radius 1 is 1.27 bits per heavy atom. The van der Waals surface area contributed by atoms with Gasteiger partial charge in [0.1, 0.15) is 11.6 Å². The summed E-state index contributed by atoms with van der Waals surface area (Å²) in [6.07, 6.45) is 0. The molecule has 0 fully saturated rings.